The molecule has 0 amide bonds. The van der Waals surface area contributed by atoms with Gasteiger partial charge in [-0.05, 0) is 13.0 Å². The lowest BCUT2D eigenvalue weighted by atomic mass is 10.2. The molecule has 0 fully saturated rings. The highest BCUT2D eigenvalue weighted by atomic mass is 16.6. The fourth-order valence-electron chi connectivity index (χ4n) is 1.21. The molecule has 0 aliphatic heterocycles. The van der Waals surface area contributed by atoms with E-state index in [0.717, 1.165) is 0 Å². The average Bonchev–Trinajstić information content (AvgIpc) is 2.26. The van der Waals surface area contributed by atoms with E-state index < -0.39 is 16.9 Å². The fourth-order valence-corrected chi connectivity index (χ4v) is 1.21. The van der Waals surface area contributed by atoms with Crippen LogP contribution < -0.4 is 10.5 Å². The van der Waals surface area contributed by atoms with Gasteiger partial charge in [0.2, 0.25) is 0 Å². The van der Waals surface area contributed by atoms with E-state index in [0.29, 0.717) is 5.56 Å². The predicted octanol–water partition coefficient (Wildman–Crippen LogP) is 0.694. The summed E-state index contributed by atoms with van der Waals surface area (Å²) in [5, 5.41) is 19.2. The quantitative estimate of drug-likeness (QED) is 0.578. The second-order valence-electron chi connectivity index (χ2n) is 3.41. The van der Waals surface area contributed by atoms with Gasteiger partial charge in [0.05, 0.1) is 10.5 Å². The van der Waals surface area contributed by atoms with E-state index in [1.54, 1.807) is 0 Å². The summed E-state index contributed by atoms with van der Waals surface area (Å²) < 4.78 is 5.14. The van der Waals surface area contributed by atoms with E-state index in [1.165, 1.54) is 25.1 Å². The van der Waals surface area contributed by atoms with Gasteiger partial charge in [-0.2, -0.15) is 0 Å². The van der Waals surface area contributed by atoms with Gasteiger partial charge in [-0.3, -0.25) is 14.9 Å². The molecule has 1 aromatic carbocycles. The standard InChI is InChI=1S/C10H12N2O5/c1-6-8(12(15)16)3-2-4-9(6)17-5-7(11)10(13)14/h2-4,7H,5,11H2,1H3,(H,13,14). The molecule has 0 radical (unpaired) electrons. The van der Waals surface area contributed by atoms with Crippen molar-refractivity contribution in [3.63, 3.8) is 0 Å². The maximum Gasteiger partial charge on any atom is 0.324 e. The Morgan fingerprint density at radius 1 is 1.65 bits per heavy atom. The third-order valence-electron chi connectivity index (χ3n) is 2.19. The number of carboxylic acids is 1. The Labute approximate surface area is 97.0 Å². The van der Waals surface area contributed by atoms with Crippen molar-refractivity contribution < 1.29 is 19.6 Å². The van der Waals surface area contributed by atoms with E-state index in [9.17, 15) is 14.9 Å². The van der Waals surface area contributed by atoms with Crippen LogP contribution in [0.3, 0.4) is 0 Å². The number of ether oxygens (including phenoxy) is 1. The lowest BCUT2D eigenvalue weighted by molar-refractivity contribution is -0.385. The van der Waals surface area contributed by atoms with Crippen LogP contribution in [0.2, 0.25) is 0 Å². The van der Waals surface area contributed by atoms with Crippen molar-refractivity contribution in [1.82, 2.24) is 0 Å². The van der Waals surface area contributed by atoms with Crippen LogP contribution in [0.15, 0.2) is 18.2 Å². The first-order valence-corrected chi connectivity index (χ1v) is 4.78. The van der Waals surface area contributed by atoms with E-state index >= 15 is 0 Å². The Kier molecular flexibility index (Phi) is 4.00. The van der Waals surface area contributed by atoms with Gasteiger partial charge in [0.15, 0.2) is 0 Å². The molecule has 92 valence electrons. The second-order valence-corrected chi connectivity index (χ2v) is 3.41. The normalized spacial score (nSPS) is 11.9. The summed E-state index contributed by atoms with van der Waals surface area (Å²) in [5.41, 5.74) is 5.52. The molecular weight excluding hydrogens is 228 g/mol. The van der Waals surface area contributed by atoms with Gasteiger partial charge in [-0.25, -0.2) is 0 Å². The molecule has 3 N–H and O–H groups in total. The lowest BCUT2D eigenvalue weighted by Crippen LogP contribution is -2.36. The first-order chi connectivity index (χ1) is 7.93. The summed E-state index contributed by atoms with van der Waals surface area (Å²) in [6, 6.07) is 3.18. The molecule has 1 atom stereocenters. The molecular formula is C10H12N2O5. The second kappa shape index (κ2) is 5.26. The van der Waals surface area contributed by atoms with Gasteiger partial charge in [-0.1, -0.05) is 6.07 Å². The molecule has 0 bridgehead atoms. The average molecular weight is 240 g/mol. The summed E-state index contributed by atoms with van der Waals surface area (Å²) in [4.78, 5) is 20.6. The van der Waals surface area contributed by atoms with Crippen molar-refractivity contribution in [2.45, 2.75) is 13.0 Å². The molecule has 0 heterocycles. The maximum absolute atomic E-state index is 10.7. The molecule has 7 heteroatoms. The molecule has 0 saturated heterocycles. The number of nitro groups is 1. The monoisotopic (exact) mass is 240 g/mol. The van der Waals surface area contributed by atoms with Crippen LogP contribution in [-0.2, 0) is 4.79 Å². The third-order valence-corrected chi connectivity index (χ3v) is 2.19. The highest BCUT2D eigenvalue weighted by Crippen LogP contribution is 2.26. The molecule has 0 spiro atoms. The summed E-state index contributed by atoms with van der Waals surface area (Å²) in [6.07, 6.45) is 0. The van der Waals surface area contributed by atoms with Crippen LogP contribution >= 0.6 is 0 Å². The Bertz CT molecular complexity index is 446. The zero-order valence-electron chi connectivity index (χ0n) is 9.12. The number of aliphatic carboxylic acids is 1. The van der Waals surface area contributed by atoms with Crippen LogP contribution in [0.4, 0.5) is 5.69 Å². The number of carboxylic acid groups (broad SMARTS) is 1. The van der Waals surface area contributed by atoms with Crippen LogP contribution in [0, 0.1) is 17.0 Å². The molecule has 7 nitrogen and oxygen atoms in total. The lowest BCUT2D eigenvalue weighted by Gasteiger charge is -2.11. The summed E-state index contributed by atoms with van der Waals surface area (Å²) >= 11 is 0. The molecule has 0 aromatic heterocycles. The predicted molar refractivity (Wildman–Crippen MR) is 58.9 cm³/mol. The smallest absolute Gasteiger partial charge is 0.324 e. The van der Waals surface area contributed by atoms with Crippen molar-refractivity contribution >= 4 is 11.7 Å². The van der Waals surface area contributed by atoms with Gasteiger partial charge in [0, 0.05) is 6.07 Å². The van der Waals surface area contributed by atoms with Gasteiger partial charge < -0.3 is 15.6 Å². The Morgan fingerprint density at radius 2 is 2.29 bits per heavy atom. The molecule has 0 aliphatic rings. The summed E-state index contributed by atoms with van der Waals surface area (Å²) in [5.74, 6) is -0.927. The minimum Gasteiger partial charge on any atom is -0.491 e. The number of nitrogens with two attached hydrogens (primary N) is 1. The zero-order valence-corrected chi connectivity index (χ0v) is 9.12. The van der Waals surface area contributed by atoms with E-state index in [-0.39, 0.29) is 18.0 Å². The number of nitrogens with zero attached hydrogens (tertiary/aromatic N) is 1. The van der Waals surface area contributed by atoms with Crippen LogP contribution in [0.5, 0.6) is 5.75 Å². The Morgan fingerprint density at radius 3 is 2.82 bits per heavy atom. The van der Waals surface area contributed by atoms with E-state index in [1.807, 2.05) is 0 Å². The molecule has 17 heavy (non-hydrogen) atoms. The van der Waals surface area contributed by atoms with Crippen molar-refractivity contribution in [2.75, 3.05) is 6.61 Å². The summed E-state index contributed by atoms with van der Waals surface area (Å²) in [7, 11) is 0. The van der Waals surface area contributed by atoms with Gasteiger partial charge >= 0.3 is 5.97 Å². The molecule has 1 aromatic rings. The maximum atomic E-state index is 10.7. The van der Waals surface area contributed by atoms with Crippen molar-refractivity contribution in [1.29, 1.82) is 0 Å². The van der Waals surface area contributed by atoms with E-state index in [2.05, 4.69) is 0 Å². The first kappa shape index (κ1) is 12.9. The number of rotatable bonds is 5. The van der Waals surface area contributed by atoms with Crippen molar-refractivity contribution in [3.05, 3.63) is 33.9 Å². The molecule has 1 rings (SSSR count). The Balaban J connectivity index is 2.82. The minimum atomic E-state index is -1.19. The van der Waals surface area contributed by atoms with Gasteiger partial charge in [-0.15, -0.1) is 0 Å². The SMILES string of the molecule is Cc1c(OCC(N)C(=O)O)cccc1[N+](=O)[O-]. The van der Waals surface area contributed by atoms with Crippen molar-refractivity contribution in [2.24, 2.45) is 5.73 Å². The number of nitro benzene ring substituents is 1. The third kappa shape index (κ3) is 3.15. The number of carbonyl (C=O) groups is 1. The van der Waals surface area contributed by atoms with E-state index in [4.69, 9.17) is 15.6 Å². The Hall–Kier alpha value is -2.15. The van der Waals surface area contributed by atoms with Crippen molar-refractivity contribution in [3.8, 4) is 5.75 Å². The largest absolute Gasteiger partial charge is 0.491 e. The molecule has 1 unspecified atom stereocenters. The number of hydrogen-bond donors (Lipinski definition) is 2. The highest BCUT2D eigenvalue weighted by molar-refractivity contribution is 5.73. The number of hydrogen-bond acceptors (Lipinski definition) is 5. The minimum absolute atomic E-state index is 0.0774. The van der Waals surface area contributed by atoms with Gasteiger partial charge in [0.1, 0.15) is 18.4 Å². The summed E-state index contributed by atoms with van der Waals surface area (Å²) in [6.45, 7) is 1.29. The van der Waals surface area contributed by atoms with Crippen LogP contribution in [0.25, 0.3) is 0 Å². The van der Waals surface area contributed by atoms with Crippen LogP contribution in [-0.4, -0.2) is 28.6 Å². The molecule has 0 saturated carbocycles. The fraction of sp³-hybridized carbons (Fsp3) is 0.300. The highest BCUT2D eigenvalue weighted by Gasteiger charge is 2.16. The van der Waals surface area contributed by atoms with Gasteiger partial charge in [0.25, 0.3) is 5.69 Å². The number of benzene rings is 1. The van der Waals surface area contributed by atoms with Crippen LogP contribution in [0.1, 0.15) is 5.56 Å². The molecule has 0 aliphatic carbocycles. The first-order valence-electron chi connectivity index (χ1n) is 4.78. The topological polar surface area (TPSA) is 116 Å². The zero-order chi connectivity index (χ0) is 13.0.